The van der Waals surface area contributed by atoms with Crippen molar-refractivity contribution in [3.63, 3.8) is 0 Å². The van der Waals surface area contributed by atoms with Gasteiger partial charge in [-0.05, 0) is 18.1 Å². The minimum Gasteiger partial charge on any atom is -0.271 e. The minimum absolute atomic E-state index is 0.130. The minimum atomic E-state index is 0.130. The summed E-state index contributed by atoms with van der Waals surface area (Å²) in [6.07, 6.45) is 4.32. The molecule has 4 nitrogen and oxygen atoms in total. The average Bonchev–Trinajstić information content (AvgIpc) is 2.31. The Bertz CT molecular complexity index is 446. The lowest BCUT2D eigenvalue weighted by atomic mass is 10.0. The zero-order chi connectivity index (χ0) is 10.7. The monoisotopic (exact) mass is 202 g/mol. The van der Waals surface area contributed by atoms with Gasteiger partial charge in [-0.15, -0.1) is 0 Å². The van der Waals surface area contributed by atoms with E-state index < -0.39 is 0 Å². The number of benzene rings is 1. The van der Waals surface area contributed by atoms with Gasteiger partial charge < -0.3 is 0 Å². The highest BCUT2D eigenvalue weighted by atomic mass is 15.2. The normalized spacial score (nSPS) is 12.9. The zero-order valence-corrected chi connectivity index (χ0v) is 8.64. The average molecular weight is 202 g/mol. The molecule has 15 heavy (non-hydrogen) atoms. The van der Waals surface area contributed by atoms with Crippen LogP contribution in [0.5, 0.6) is 0 Å². The Morgan fingerprint density at radius 3 is 2.87 bits per heavy atom. The van der Waals surface area contributed by atoms with Gasteiger partial charge in [-0.2, -0.15) is 0 Å². The van der Waals surface area contributed by atoms with Crippen molar-refractivity contribution < 1.29 is 0 Å². The van der Waals surface area contributed by atoms with Gasteiger partial charge in [-0.1, -0.05) is 19.1 Å². The molecule has 0 aliphatic rings. The SMILES string of the molecule is CCC(NN)c1cccc2nccnc12. The Balaban J connectivity index is 2.59. The number of nitrogens with one attached hydrogen (secondary N) is 1. The van der Waals surface area contributed by atoms with Gasteiger partial charge in [0.05, 0.1) is 11.0 Å². The molecule has 78 valence electrons. The van der Waals surface area contributed by atoms with Gasteiger partial charge in [-0.3, -0.25) is 21.2 Å². The number of nitrogens with two attached hydrogens (primary N) is 1. The van der Waals surface area contributed by atoms with E-state index in [1.165, 1.54) is 0 Å². The van der Waals surface area contributed by atoms with Crippen molar-refractivity contribution in [2.45, 2.75) is 19.4 Å². The second-order valence-electron chi connectivity index (χ2n) is 3.40. The Labute approximate surface area is 88.5 Å². The molecule has 2 rings (SSSR count). The summed E-state index contributed by atoms with van der Waals surface area (Å²) in [7, 11) is 0. The molecule has 2 aromatic rings. The summed E-state index contributed by atoms with van der Waals surface area (Å²) in [5, 5.41) is 0. The molecule has 0 saturated carbocycles. The lowest BCUT2D eigenvalue weighted by Gasteiger charge is -2.15. The van der Waals surface area contributed by atoms with Gasteiger partial charge in [0.25, 0.3) is 0 Å². The van der Waals surface area contributed by atoms with Crippen LogP contribution in [0.1, 0.15) is 24.9 Å². The molecule has 1 unspecified atom stereocenters. The van der Waals surface area contributed by atoms with Crippen molar-refractivity contribution in [2.24, 2.45) is 5.84 Å². The fourth-order valence-corrected chi connectivity index (χ4v) is 1.72. The number of hydrogen-bond acceptors (Lipinski definition) is 4. The number of hydrazine groups is 1. The third kappa shape index (κ3) is 1.82. The number of hydrogen-bond donors (Lipinski definition) is 2. The second-order valence-corrected chi connectivity index (χ2v) is 3.40. The molecule has 0 fully saturated rings. The van der Waals surface area contributed by atoms with Crippen molar-refractivity contribution in [2.75, 3.05) is 0 Å². The smallest absolute Gasteiger partial charge is 0.0935 e. The van der Waals surface area contributed by atoms with Crippen molar-refractivity contribution in [1.82, 2.24) is 15.4 Å². The molecule has 0 aliphatic carbocycles. The highest BCUT2D eigenvalue weighted by Gasteiger charge is 2.11. The van der Waals surface area contributed by atoms with Gasteiger partial charge in [0, 0.05) is 18.4 Å². The quantitative estimate of drug-likeness (QED) is 0.585. The van der Waals surface area contributed by atoms with E-state index in [4.69, 9.17) is 5.84 Å². The molecule has 0 saturated heterocycles. The number of para-hydroxylation sites is 1. The fourth-order valence-electron chi connectivity index (χ4n) is 1.72. The summed E-state index contributed by atoms with van der Waals surface area (Å²) in [4.78, 5) is 8.60. The Morgan fingerprint density at radius 1 is 1.33 bits per heavy atom. The van der Waals surface area contributed by atoms with E-state index in [0.717, 1.165) is 23.0 Å². The Kier molecular flexibility index (Phi) is 2.89. The van der Waals surface area contributed by atoms with Crippen LogP contribution >= 0.6 is 0 Å². The maximum atomic E-state index is 5.51. The van der Waals surface area contributed by atoms with Gasteiger partial charge in [0.1, 0.15) is 0 Å². The topological polar surface area (TPSA) is 63.8 Å². The second kappa shape index (κ2) is 4.33. The number of fused-ring (bicyclic) bond motifs is 1. The summed E-state index contributed by atoms with van der Waals surface area (Å²) in [5.41, 5.74) is 5.72. The molecule has 0 spiro atoms. The number of aromatic nitrogens is 2. The number of rotatable bonds is 3. The molecule has 3 N–H and O–H groups in total. The van der Waals surface area contributed by atoms with Gasteiger partial charge in [0.2, 0.25) is 0 Å². The molecular formula is C11H14N4. The third-order valence-electron chi connectivity index (χ3n) is 2.51. The van der Waals surface area contributed by atoms with E-state index in [-0.39, 0.29) is 6.04 Å². The largest absolute Gasteiger partial charge is 0.271 e. The van der Waals surface area contributed by atoms with Crippen molar-refractivity contribution in [3.8, 4) is 0 Å². The van der Waals surface area contributed by atoms with Gasteiger partial charge >= 0.3 is 0 Å². The van der Waals surface area contributed by atoms with Crippen LogP contribution in [-0.4, -0.2) is 9.97 Å². The molecule has 0 bridgehead atoms. The predicted molar refractivity (Wildman–Crippen MR) is 59.9 cm³/mol. The van der Waals surface area contributed by atoms with Gasteiger partial charge in [0.15, 0.2) is 0 Å². The molecule has 1 aromatic carbocycles. The van der Waals surface area contributed by atoms with Crippen LogP contribution in [-0.2, 0) is 0 Å². The molecule has 0 radical (unpaired) electrons. The highest BCUT2D eigenvalue weighted by Crippen LogP contribution is 2.22. The predicted octanol–water partition coefficient (Wildman–Crippen LogP) is 1.54. The highest BCUT2D eigenvalue weighted by molar-refractivity contribution is 5.77. The maximum Gasteiger partial charge on any atom is 0.0935 e. The molecule has 0 aliphatic heterocycles. The van der Waals surface area contributed by atoms with Crippen molar-refractivity contribution in [1.29, 1.82) is 0 Å². The molecule has 1 heterocycles. The first kappa shape index (κ1) is 10.0. The van der Waals surface area contributed by atoms with Crippen LogP contribution in [0.15, 0.2) is 30.6 Å². The van der Waals surface area contributed by atoms with Crippen LogP contribution in [0.4, 0.5) is 0 Å². The summed E-state index contributed by atoms with van der Waals surface area (Å²) in [6.45, 7) is 2.08. The van der Waals surface area contributed by atoms with E-state index in [9.17, 15) is 0 Å². The first-order valence-electron chi connectivity index (χ1n) is 5.02. The van der Waals surface area contributed by atoms with Crippen molar-refractivity contribution in [3.05, 3.63) is 36.2 Å². The van der Waals surface area contributed by atoms with E-state index in [2.05, 4.69) is 22.3 Å². The number of nitrogens with zero attached hydrogens (tertiary/aromatic N) is 2. The molecule has 1 atom stereocenters. The Morgan fingerprint density at radius 2 is 2.13 bits per heavy atom. The first-order chi connectivity index (χ1) is 7.36. The fraction of sp³-hybridized carbons (Fsp3) is 0.273. The lowest BCUT2D eigenvalue weighted by Crippen LogP contribution is -2.27. The zero-order valence-electron chi connectivity index (χ0n) is 8.64. The third-order valence-corrected chi connectivity index (χ3v) is 2.51. The molecular weight excluding hydrogens is 188 g/mol. The lowest BCUT2D eigenvalue weighted by molar-refractivity contribution is 0.542. The summed E-state index contributed by atoms with van der Waals surface area (Å²) in [5.74, 6) is 5.51. The van der Waals surface area contributed by atoms with Crippen LogP contribution in [0, 0.1) is 0 Å². The summed E-state index contributed by atoms with van der Waals surface area (Å²) in [6, 6.07) is 6.09. The molecule has 1 aromatic heterocycles. The summed E-state index contributed by atoms with van der Waals surface area (Å²) >= 11 is 0. The Hall–Kier alpha value is -1.52. The summed E-state index contributed by atoms with van der Waals surface area (Å²) < 4.78 is 0. The van der Waals surface area contributed by atoms with Crippen molar-refractivity contribution >= 4 is 11.0 Å². The van der Waals surface area contributed by atoms with E-state index in [1.54, 1.807) is 12.4 Å². The first-order valence-corrected chi connectivity index (χ1v) is 5.02. The molecule has 4 heteroatoms. The molecule has 0 amide bonds. The van der Waals surface area contributed by atoms with Crippen LogP contribution < -0.4 is 11.3 Å². The van der Waals surface area contributed by atoms with Gasteiger partial charge in [-0.25, -0.2) is 0 Å². The van der Waals surface area contributed by atoms with E-state index >= 15 is 0 Å². The van der Waals surface area contributed by atoms with Crippen LogP contribution in [0.2, 0.25) is 0 Å². The maximum absolute atomic E-state index is 5.51. The van der Waals surface area contributed by atoms with E-state index in [0.29, 0.717) is 0 Å². The van der Waals surface area contributed by atoms with Crippen LogP contribution in [0.25, 0.3) is 11.0 Å². The van der Waals surface area contributed by atoms with Crippen LogP contribution in [0.3, 0.4) is 0 Å². The standard InChI is InChI=1S/C11H14N4/c1-2-9(15-12)8-4-3-5-10-11(8)14-7-6-13-10/h3-7,9,15H,2,12H2,1H3. The van der Waals surface area contributed by atoms with E-state index in [1.807, 2.05) is 18.2 Å².